The second-order valence-corrected chi connectivity index (χ2v) is 12.7. The Labute approximate surface area is 233 Å². The van der Waals surface area contributed by atoms with Crippen molar-refractivity contribution in [2.45, 2.75) is 107 Å². The zero-order valence-electron chi connectivity index (χ0n) is 23.4. The summed E-state index contributed by atoms with van der Waals surface area (Å²) >= 11 is 1.70. The molecule has 214 valence electrons. The summed E-state index contributed by atoms with van der Waals surface area (Å²) in [6.07, 6.45) is 12.9. The number of aliphatic hydroxyl groups is 1. The van der Waals surface area contributed by atoms with E-state index in [9.17, 15) is 14.4 Å². The average Bonchev–Trinajstić information content (AvgIpc) is 3.54. The van der Waals surface area contributed by atoms with Crippen molar-refractivity contribution in [1.82, 2.24) is 9.80 Å². The Kier molecular flexibility index (Phi) is 11.8. The molecule has 3 unspecified atom stereocenters. The fourth-order valence-electron chi connectivity index (χ4n) is 6.70. The van der Waals surface area contributed by atoms with Crippen molar-refractivity contribution in [3.63, 3.8) is 0 Å². The maximum absolute atomic E-state index is 14.3. The number of allylic oxidation sites excluding steroid dienone is 1. The average molecular weight is 549 g/mol. The normalized spacial score (nSPS) is 28.3. The quantitative estimate of drug-likeness (QED) is 0.151. The highest BCUT2D eigenvalue weighted by Crippen LogP contribution is 2.66. The zero-order chi connectivity index (χ0) is 27.7. The minimum absolute atomic E-state index is 0.0105. The fourth-order valence-corrected chi connectivity index (χ4v) is 8.91. The third-order valence-corrected chi connectivity index (χ3v) is 10.5. The molecule has 0 aromatic heterocycles. The maximum atomic E-state index is 14.3. The number of carbonyl (C=O) groups is 3. The number of carbonyl (C=O) groups excluding carboxylic acids is 3. The van der Waals surface area contributed by atoms with Gasteiger partial charge in [-0.05, 0) is 58.3 Å². The molecule has 1 spiro atoms. The molecule has 6 atom stereocenters. The molecular weight excluding hydrogens is 500 g/mol. The molecule has 3 heterocycles. The Morgan fingerprint density at radius 2 is 1.97 bits per heavy atom. The van der Waals surface area contributed by atoms with Gasteiger partial charge < -0.3 is 19.6 Å². The second kappa shape index (κ2) is 14.5. The first-order valence-electron chi connectivity index (χ1n) is 14.7. The summed E-state index contributed by atoms with van der Waals surface area (Å²) in [6, 6.07) is -0.528. The molecule has 3 rings (SSSR count). The van der Waals surface area contributed by atoms with Gasteiger partial charge in [0, 0.05) is 31.0 Å². The Hall–Kier alpha value is -1.80. The largest absolute Gasteiger partial charge is 0.465 e. The van der Waals surface area contributed by atoms with Crippen LogP contribution in [0.4, 0.5) is 0 Å². The molecule has 7 nitrogen and oxygen atoms in total. The van der Waals surface area contributed by atoms with Crippen molar-refractivity contribution in [3.05, 3.63) is 25.3 Å². The van der Waals surface area contributed by atoms with E-state index in [0.717, 1.165) is 70.6 Å². The number of unbranched alkanes of at least 4 members (excludes halogenated alkanes) is 5. The van der Waals surface area contributed by atoms with Crippen molar-refractivity contribution in [3.8, 4) is 0 Å². The molecule has 0 aliphatic carbocycles. The Morgan fingerprint density at radius 1 is 1.21 bits per heavy atom. The van der Waals surface area contributed by atoms with Gasteiger partial charge in [0.25, 0.3) is 0 Å². The molecule has 1 N–H and O–H groups in total. The number of aliphatic hydroxyl groups excluding tert-OH is 1. The predicted octanol–water partition coefficient (Wildman–Crippen LogP) is 4.73. The molecule has 3 aliphatic rings. The van der Waals surface area contributed by atoms with E-state index in [-0.39, 0.29) is 35.7 Å². The van der Waals surface area contributed by atoms with Gasteiger partial charge in [0.1, 0.15) is 6.04 Å². The Balaban J connectivity index is 1.86. The van der Waals surface area contributed by atoms with Crippen LogP contribution in [-0.2, 0) is 19.1 Å². The van der Waals surface area contributed by atoms with Crippen molar-refractivity contribution < 1.29 is 24.2 Å². The van der Waals surface area contributed by atoms with E-state index in [2.05, 4.69) is 27.0 Å². The summed E-state index contributed by atoms with van der Waals surface area (Å²) in [4.78, 5) is 45.4. The highest BCUT2D eigenvalue weighted by Gasteiger charge is 2.74. The SMILES string of the molecule is C=CCCCCOC(=O)[C@@H]1[C@H]2C(=O)N(CCCCCCO)C(C(=O)N(CC=C)C(C)CCC)C23CC[C@H]1S3. The molecule has 0 radical (unpaired) electrons. The van der Waals surface area contributed by atoms with Crippen LogP contribution in [0.1, 0.15) is 84.5 Å². The van der Waals surface area contributed by atoms with E-state index in [1.807, 2.05) is 11.0 Å². The first kappa shape index (κ1) is 30.7. The fraction of sp³-hybridized carbons (Fsp3) is 0.767. The highest BCUT2D eigenvalue weighted by atomic mass is 32.2. The van der Waals surface area contributed by atoms with Crippen LogP contribution < -0.4 is 0 Å². The van der Waals surface area contributed by atoms with Crippen LogP contribution in [0, 0.1) is 11.8 Å². The van der Waals surface area contributed by atoms with Crippen molar-refractivity contribution in [2.24, 2.45) is 11.8 Å². The minimum Gasteiger partial charge on any atom is -0.465 e. The lowest BCUT2D eigenvalue weighted by atomic mass is 9.71. The summed E-state index contributed by atoms with van der Waals surface area (Å²) in [7, 11) is 0. The van der Waals surface area contributed by atoms with Crippen LogP contribution in [0.5, 0.6) is 0 Å². The van der Waals surface area contributed by atoms with Crippen molar-refractivity contribution >= 4 is 29.5 Å². The molecule has 2 amide bonds. The standard InChI is InChI=1S/C30H48N2O5S/c1-5-8-9-14-21-37-29(36)24-23-16-17-30(38-23)25(24)27(34)32(19-12-10-11-13-20-33)26(30)28(35)31(18-7-3)22(4)15-6-2/h5,7,22-26,33H,1,3,6,8-21H2,2,4H3/t22?,23-,24+,25+,26?,30?/m1/s1. The van der Waals surface area contributed by atoms with E-state index in [4.69, 9.17) is 9.84 Å². The Bertz CT molecular complexity index is 850. The number of likely N-dealkylation sites (tertiary alicyclic amines) is 1. The van der Waals surface area contributed by atoms with E-state index in [1.165, 1.54) is 0 Å². The summed E-state index contributed by atoms with van der Waals surface area (Å²) in [5.74, 6) is -1.35. The third-order valence-electron chi connectivity index (χ3n) is 8.51. The topological polar surface area (TPSA) is 87.1 Å². The van der Waals surface area contributed by atoms with Gasteiger partial charge in [0.05, 0.1) is 23.2 Å². The van der Waals surface area contributed by atoms with E-state index in [0.29, 0.717) is 19.7 Å². The van der Waals surface area contributed by atoms with Gasteiger partial charge in [-0.2, -0.15) is 0 Å². The number of fused-ring (bicyclic) bond motifs is 1. The van der Waals surface area contributed by atoms with Crippen molar-refractivity contribution in [1.29, 1.82) is 0 Å². The Morgan fingerprint density at radius 3 is 2.66 bits per heavy atom. The first-order chi connectivity index (χ1) is 18.4. The van der Waals surface area contributed by atoms with Crippen LogP contribution in [0.15, 0.2) is 25.3 Å². The summed E-state index contributed by atoms with van der Waals surface area (Å²) < 4.78 is 5.12. The van der Waals surface area contributed by atoms with Gasteiger partial charge in [0.15, 0.2) is 0 Å². The molecule has 38 heavy (non-hydrogen) atoms. The molecule has 8 heteroatoms. The molecule has 2 bridgehead atoms. The third kappa shape index (κ3) is 6.33. The number of thioether (sulfide) groups is 1. The lowest BCUT2D eigenvalue weighted by Crippen LogP contribution is -2.56. The summed E-state index contributed by atoms with van der Waals surface area (Å²) in [5, 5.41) is 9.15. The van der Waals surface area contributed by atoms with Gasteiger partial charge >= 0.3 is 5.97 Å². The molecule has 0 aromatic rings. The molecule has 3 saturated heterocycles. The smallest absolute Gasteiger partial charge is 0.310 e. The number of ether oxygens (including phenoxy) is 1. The lowest BCUT2D eigenvalue weighted by Gasteiger charge is -2.39. The molecule has 0 aromatic carbocycles. The number of hydrogen-bond donors (Lipinski definition) is 1. The van der Waals surface area contributed by atoms with Crippen LogP contribution in [0.2, 0.25) is 0 Å². The van der Waals surface area contributed by atoms with E-state index < -0.39 is 22.6 Å². The van der Waals surface area contributed by atoms with Gasteiger partial charge in [0.2, 0.25) is 11.8 Å². The number of hydrogen-bond acceptors (Lipinski definition) is 6. The minimum atomic E-state index is -0.582. The molecule has 0 saturated carbocycles. The van der Waals surface area contributed by atoms with E-state index in [1.54, 1.807) is 22.7 Å². The van der Waals surface area contributed by atoms with Crippen LogP contribution in [0.25, 0.3) is 0 Å². The van der Waals surface area contributed by atoms with Gasteiger partial charge in [-0.3, -0.25) is 14.4 Å². The summed E-state index contributed by atoms with van der Waals surface area (Å²) in [5.41, 5.74) is 0. The van der Waals surface area contributed by atoms with Crippen molar-refractivity contribution in [2.75, 3.05) is 26.3 Å². The van der Waals surface area contributed by atoms with Gasteiger partial charge in [-0.25, -0.2) is 0 Å². The number of esters is 1. The molecule has 3 fully saturated rings. The number of amides is 2. The second-order valence-electron chi connectivity index (χ2n) is 11.1. The van der Waals surface area contributed by atoms with E-state index >= 15 is 0 Å². The summed E-state index contributed by atoms with van der Waals surface area (Å²) in [6.45, 7) is 13.3. The van der Waals surface area contributed by atoms with Crippen LogP contribution in [0.3, 0.4) is 0 Å². The predicted molar refractivity (Wildman–Crippen MR) is 153 cm³/mol. The van der Waals surface area contributed by atoms with Crippen LogP contribution in [-0.4, -0.2) is 81.1 Å². The monoisotopic (exact) mass is 548 g/mol. The molecule has 3 aliphatic heterocycles. The lowest BCUT2D eigenvalue weighted by molar-refractivity contribution is -0.154. The first-order valence-corrected chi connectivity index (χ1v) is 15.5. The number of nitrogens with zero attached hydrogens (tertiary/aromatic N) is 2. The van der Waals surface area contributed by atoms with Gasteiger partial charge in [-0.1, -0.05) is 38.3 Å². The highest BCUT2D eigenvalue weighted by molar-refractivity contribution is 8.02. The maximum Gasteiger partial charge on any atom is 0.310 e. The number of rotatable bonds is 18. The van der Waals surface area contributed by atoms with Gasteiger partial charge in [-0.15, -0.1) is 24.9 Å². The van der Waals surface area contributed by atoms with Crippen LogP contribution >= 0.6 is 11.8 Å². The zero-order valence-corrected chi connectivity index (χ0v) is 24.3. The molecular formula is C30H48N2O5S.